The summed E-state index contributed by atoms with van der Waals surface area (Å²) in [6, 6.07) is 8.16. The van der Waals surface area contributed by atoms with E-state index in [9.17, 15) is 18.0 Å². The summed E-state index contributed by atoms with van der Waals surface area (Å²) in [6.07, 6.45) is 0.365. The number of hydrogen-bond acceptors (Lipinski definition) is 2. The SMILES string of the molecule is Nc1ccccc1CCC(=O)Nc1cc(F)cc(F)c1F. The highest BCUT2D eigenvalue weighted by atomic mass is 19.2. The molecular formula is C15H13F3N2O. The lowest BCUT2D eigenvalue weighted by Crippen LogP contribution is -2.14. The van der Waals surface area contributed by atoms with E-state index in [-0.39, 0.29) is 6.42 Å². The molecule has 0 aromatic heterocycles. The number of halogens is 3. The van der Waals surface area contributed by atoms with Crippen LogP contribution in [0.4, 0.5) is 24.5 Å². The Morgan fingerprint density at radius 2 is 1.86 bits per heavy atom. The third-order valence-corrected chi connectivity index (χ3v) is 2.94. The maximum atomic E-state index is 13.4. The van der Waals surface area contributed by atoms with Gasteiger partial charge in [0, 0.05) is 24.2 Å². The van der Waals surface area contributed by atoms with Crippen LogP contribution in [-0.2, 0) is 11.2 Å². The van der Waals surface area contributed by atoms with Gasteiger partial charge in [0.2, 0.25) is 5.91 Å². The van der Waals surface area contributed by atoms with Crippen molar-refractivity contribution in [3.05, 3.63) is 59.4 Å². The molecule has 0 aliphatic rings. The molecule has 21 heavy (non-hydrogen) atoms. The molecule has 0 aliphatic heterocycles. The van der Waals surface area contributed by atoms with Crippen molar-refractivity contribution < 1.29 is 18.0 Å². The molecule has 0 atom stereocenters. The van der Waals surface area contributed by atoms with E-state index in [1.54, 1.807) is 24.3 Å². The Hall–Kier alpha value is -2.50. The molecule has 0 saturated heterocycles. The van der Waals surface area contributed by atoms with E-state index >= 15 is 0 Å². The van der Waals surface area contributed by atoms with Crippen molar-refractivity contribution in [2.75, 3.05) is 11.1 Å². The van der Waals surface area contributed by atoms with Gasteiger partial charge in [-0.3, -0.25) is 4.79 Å². The summed E-state index contributed by atoms with van der Waals surface area (Å²) < 4.78 is 39.4. The number of benzene rings is 2. The highest BCUT2D eigenvalue weighted by molar-refractivity contribution is 5.91. The van der Waals surface area contributed by atoms with Gasteiger partial charge in [0.15, 0.2) is 11.6 Å². The standard InChI is InChI=1S/C15H13F3N2O/c16-10-7-11(17)15(18)13(8-10)20-14(21)6-5-9-3-1-2-4-12(9)19/h1-4,7-8H,5-6,19H2,(H,20,21). The quantitative estimate of drug-likeness (QED) is 0.671. The van der Waals surface area contributed by atoms with Crippen LogP contribution in [0.1, 0.15) is 12.0 Å². The lowest BCUT2D eigenvalue weighted by Gasteiger charge is -2.08. The summed E-state index contributed by atoms with van der Waals surface area (Å²) in [5.41, 5.74) is 6.54. The third kappa shape index (κ3) is 3.75. The largest absolute Gasteiger partial charge is 0.399 e. The van der Waals surface area contributed by atoms with Crippen LogP contribution >= 0.6 is 0 Å². The van der Waals surface area contributed by atoms with Gasteiger partial charge in [-0.25, -0.2) is 13.2 Å². The molecule has 1 amide bonds. The lowest BCUT2D eigenvalue weighted by molar-refractivity contribution is -0.116. The molecule has 0 saturated carbocycles. The summed E-state index contributed by atoms with van der Waals surface area (Å²) in [5.74, 6) is -4.15. The summed E-state index contributed by atoms with van der Waals surface area (Å²) in [7, 11) is 0. The van der Waals surface area contributed by atoms with Gasteiger partial charge in [-0.15, -0.1) is 0 Å². The Bertz CT molecular complexity index is 674. The number of aryl methyl sites for hydroxylation is 1. The molecule has 2 aromatic carbocycles. The molecule has 0 aliphatic carbocycles. The van der Waals surface area contributed by atoms with Crippen LogP contribution in [0.3, 0.4) is 0 Å². The molecule has 6 heteroatoms. The topological polar surface area (TPSA) is 55.1 Å². The van der Waals surface area contributed by atoms with Gasteiger partial charge in [-0.1, -0.05) is 18.2 Å². The fourth-order valence-corrected chi connectivity index (χ4v) is 1.87. The summed E-state index contributed by atoms with van der Waals surface area (Å²) >= 11 is 0. The van der Waals surface area contributed by atoms with E-state index < -0.39 is 29.0 Å². The first kappa shape index (κ1) is 14.9. The minimum atomic E-state index is -1.35. The zero-order valence-corrected chi connectivity index (χ0v) is 11.0. The predicted octanol–water partition coefficient (Wildman–Crippen LogP) is 3.26. The molecule has 110 valence electrons. The normalized spacial score (nSPS) is 10.4. The summed E-state index contributed by atoms with van der Waals surface area (Å²) in [5, 5.41) is 2.15. The molecule has 0 heterocycles. The molecule has 3 nitrogen and oxygen atoms in total. The zero-order valence-electron chi connectivity index (χ0n) is 11.0. The second-order valence-corrected chi connectivity index (χ2v) is 4.50. The number of hydrogen-bond donors (Lipinski definition) is 2. The molecule has 0 spiro atoms. The number of amides is 1. The maximum absolute atomic E-state index is 13.4. The second-order valence-electron chi connectivity index (χ2n) is 4.50. The number of carbonyl (C=O) groups excluding carboxylic acids is 1. The first-order valence-corrected chi connectivity index (χ1v) is 6.25. The van der Waals surface area contributed by atoms with Crippen LogP contribution in [0.5, 0.6) is 0 Å². The van der Waals surface area contributed by atoms with E-state index in [0.717, 1.165) is 11.6 Å². The number of nitrogens with two attached hydrogens (primary N) is 1. The smallest absolute Gasteiger partial charge is 0.224 e. The molecule has 2 aromatic rings. The minimum absolute atomic E-state index is 0.0196. The predicted molar refractivity (Wildman–Crippen MR) is 74.1 cm³/mol. The van der Waals surface area contributed by atoms with Crippen molar-refractivity contribution in [2.45, 2.75) is 12.8 Å². The van der Waals surface area contributed by atoms with Crippen LogP contribution in [0.15, 0.2) is 36.4 Å². The Kier molecular flexibility index (Phi) is 4.47. The average molecular weight is 294 g/mol. The Balaban J connectivity index is 2.01. The maximum Gasteiger partial charge on any atom is 0.224 e. The van der Waals surface area contributed by atoms with Crippen LogP contribution in [0.2, 0.25) is 0 Å². The average Bonchev–Trinajstić information content (AvgIpc) is 2.43. The first-order valence-electron chi connectivity index (χ1n) is 6.25. The van der Waals surface area contributed by atoms with Gasteiger partial charge >= 0.3 is 0 Å². The van der Waals surface area contributed by atoms with Gasteiger partial charge in [0.1, 0.15) is 5.82 Å². The molecule has 3 N–H and O–H groups in total. The fraction of sp³-hybridized carbons (Fsp3) is 0.133. The highest BCUT2D eigenvalue weighted by Crippen LogP contribution is 2.20. The van der Waals surface area contributed by atoms with E-state index in [0.29, 0.717) is 18.2 Å². The Morgan fingerprint density at radius 3 is 2.57 bits per heavy atom. The van der Waals surface area contributed by atoms with E-state index in [1.165, 1.54) is 0 Å². The van der Waals surface area contributed by atoms with Crippen LogP contribution in [-0.4, -0.2) is 5.91 Å². The van der Waals surface area contributed by atoms with Crippen molar-refractivity contribution in [2.24, 2.45) is 0 Å². The van der Waals surface area contributed by atoms with Gasteiger partial charge in [-0.05, 0) is 18.1 Å². The monoisotopic (exact) mass is 294 g/mol. The van der Waals surface area contributed by atoms with Crippen LogP contribution in [0.25, 0.3) is 0 Å². The van der Waals surface area contributed by atoms with Crippen molar-refractivity contribution in [1.82, 2.24) is 0 Å². The van der Waals surface area contributed by atoms with Crippen LogP contribution < -0.4 is 11.1 Å². The zero-order chi connectivity index (χ0) is 15.4. The number of nitrogens with one attached hydrogen (secondary N) is 1. The van der Waals surface area contributed by atoms with E-state index in [2.05, 4.69) is 5.32 Å². The second kappa shape index (κ2) is 6.30. The van der Waals surface area contributed by atoms with Gasteiger partial charge in [-0.2, -0.15) is 0 Å². The van der Waals surface area contributed by atoms with Gasteiger partial charge in [0.05, 0.1) is 5.69 Å². The molecule has 2 rings (SSSR count). The summed E-state index contributed by atoms with van der Waals surface area (Å²) in [6.45, 7) is 0. The van der Waals surface area contributed by atoms with Crippen molar-refractivity contribution >= 4 is 17.3 Å². The van der Waals surface area contributed by atoms with Gasteiger partial charge < -0.3 is 11.1 Å². The number of rotatable bonds is 4. The highest BCUT2D eigenvalue weighted by Gasteiger charge is 2.13. The lowest BCUT2D eigenvalue weighted by atomic mass is 10.1. The van der Waals surface area contributed by atoms with Crippen molar-refractivity contribution in [1.29, 1.82) is 0 Å². The summed E-state index contributed by atoms with van der Waals surface area (Å²) in [4.78, 5) is 11.7. The number of para-hydroxylation sites is 1. The Morgan fingerprint density at radius 1 is 1.14 bits per heavy atom. The van der Waals surface area contributed by atoms with Gasteiger partial charge in [0.25, 0.3) is 0 Å². The van der Waals surface area contributed by atoms with E-state index in [1.807, 2.05) is 0 Å². The number of nitrogen functional groups attached to an aromatic ring is 1. The molecule has 0 radical (unpaired) electrons. The van der Waals surface area contributed by atoms with Crippen molar-refractivity contribution in [3.8, 4) is 0 Å². The number of anilines is 2. The van der Waals surface area contributed by atoms with E-state index in [4.69, 9.17) is 5.73 Å². The Labute approximate surface area is 119 Å². The third-order valence-electron chi connectivity index (χ3n) is 2.94. The molecule has 0 unspecified atom stereocenters. The van der Waals surface area contributed by atoms with Crippen LogP contribution in [0, 0.1) is 17.5 Å². The molecular weight excluding hydrogens is 281 g/mol. The fourth-order valence-electron chi connectivity index (χ4n) is 1.87. The first-order chi connectivity index (χ1) is 9.97. The number of carbonyl (C=O) groups is 1. The molecule has 0 bridgehead atoms. The minimum Gasteiger partial charge on any atom is -0.399 e. The van der Waals surface area contributed by atoms with Crippen molar-refractivity contribution in [3.63, 3.8) is 0 Å². The molecule has 0 fully saturated rings.